The first kappa shape index (κ1) is 10.6. The quantitative estimate of drug-likeness (QED) is 0.832. The van der Waals surface area contributed by atoms with E-state index < -0.39 is 0 Å². The number of ether oxygens (including phenoxy) is 1. The van der Waals surface area contributed by atoms with Crippen molar-refractivity contribution >= 4 is 5.82 Å². The highest BCUT2D eigenvalue weighted by Gasteiger charge is 2.05. The first-order chi connectivity index (χ1) is 7.81. The number of nitrogens with zero attached hydrogens (tertiary/aromatic N) is 3. The summed E-state index contributed by atoms with van der Waals surface area (Å²) in [5.74, 6) is 0.418. The second-order valence-electron chi connectivity index (χ2n) is 3.43. The highest BCUT2D eigenvalue weighted by atomic mass is 16.5. The molecule has 1 heterocycles. The van der Waals surface area contributed by atoms with E-state index in [-0.39, 0.29) is 0 Å². The lowest BCUT2D eigenvalue weighted by molar-refractivity contribution is 0.202. The molecular weight excluding hydrogens is 204 g/mol. The van der Waals surface area contributed by atoms with Crippen molar-refractivity contribution < 1.29 is 4.74 Å². The summed E-state index contributed by atoms with van der Waals surface area (Å²) in [6, 6.07) is 7.94. The van der Waals surface area contributed by atoms with Crippen molar-refractivity contribution in [1.29, 1.82) is 0 Å². The van der Waals surface area contributed by atoms with Gasteiger partial charge < -0.3 is 10.5 Å². The Hall–Kier alpha value is -1.88. The van der Waals surface area contributed by atoms with Gasteiger partial charge in [-0.15, -0.1) is 9.90 Å². The van der Waals surface area contributed by atoms with Crippen LogP contribution in [-0.2, 0) is 11.2 Å². The molecule has 2 N–H and O–H groups in total. The molecule has 0 amide bonds. The van der Waals surface area contributed by atoms with Crippen LogP contribution in [0.1, 0.15) is 5.56 Å². The van der Waals surface area contributed by atoms with E-state index in [1.165, 1.54) is 6.20 Å². The lowest BCUT2D eigenvalue weighted by Gasteiger charge is -2.07. The van der Waals surface area contributed by atoms with Crippen molar-refractivity contribution in [2.75, 3.05) is 19.5 Å². The number of nitrogen functional groups attached to an aromatic ring is 1. The average Bonchev–Trinajstić information content (AvgIpc) is 2.73. The van der Waals surface area contributed by atoms with Crippen LogP contribution in [-0.4, -0.2) is 28.7 Å². The van der Waals surface area contributed by atoms with E-state index in [0.29, 0.717) is 12.4 Å². The molecule has 0 radical (unpaired) electrons. The molecule has 0 atom stereocenters. The molecule has 0 aliphatic carbocycles. The van der Waals surface area contributed by atoms with Gasteiger partial charge in [-0.25, -0.2) is 0 Å². The minimum Gasteiger partial charge on any atom is -0.384 e. The van der Waals surface area contributed by atoms with Gasteiger partial charge in [0.05, 0.1) is 18.5 Å². The van der Waals surface area contributed by atoms with Gasteiger partial charge in [0, 0.05) is 7.11 Å². The molecule has 1 aromatic heterocycles. The third kappa shape index (κ3) is 2.20. The summed E-state index contributed by atoms with van der Waals surface area (Å²) >= 11 is 0. The van der Waals surface area contributed by atoms with Crippen LogP contribution in [0.3, 0.4) is 0 Å². The van der Waals surface area contributed by atoms with E-state index in [4.69, 9.17) is 10.5 Å². The average molecular weight is 218 g/mol. The Morgan fingerprint density at radius 1 is 1.38 bits per heavy atom. The number of hydrogen-bond acceptors (Lipinski definition) is 4. The Balaban J connectivity index is 2.32. The van der Waals surface area contributed by atoms with Crippen molar-refractivity contribution in [2.45, 2.75) is 6.42 Å². The van der Waals surface area contributed by atoms with Crippen LogP contribution in [0.2, 0.25) is 0 Å². The van der Waals surface area contributed by atoms with E-state index in [9.17, 15) is 0 Å². The zero-order valence-electron chi connectivity index (χ0n) is 9.13. The molecule has 0 fully saturated rings. The predicted molar refractivity (Wildman–Crippen MR) is 61.4 cm³/mol. The first-order valence-electron chi connectivity index (χ1n) is 5.06. The molecule has 0 saturated carbocycles. The summed E-state index contributed by atoms with van der Waals surface area (Å²) in [6.07, 6.45) is 2.36. The fourth-order valence-corrected chi connectivity index (χ4v) is 1.52. The van der Waals surface area contributed by atoms with Crippen LogP contribution in [0.25, 0.3) is 5.69 Å². The predicted octanol–water partition coefficient (Wildman–Crippen LogP) is 1.04. The van der Waals surface area contributed by atoms with Gasteiger partial charge in [-0.2, -0.15) is 5.10 Å². The molecule has 0 spiro atoms. The third-order valence-corrected chi connectivity index (χ3v) is 2.29. The van der Waals surface area contributed by atoms with Crippen LogP contribution >= 0.6 is 0 Å². The molecule has 0 aliphatic heterocycles. The maximum absolute atomic E-state index is 5.55. The van der Waals surface area contributed by atoms with Crippen molar-refractivity contribution in [3.05, 3.63) is 36.0 Å². The second-order valence-corrected chi connectivity index (χ2v) is 3.43. The molecule has 0 saturated heterocycles. The second kappa shape index (κ2) is 4.76. The molecule has 2 aromatic rings. The molecule has 84 valence electrons. The summed E-state index contributed by atoms with van der Waals surface area (Å²) in [5.41, 5.74) is 7.63. The van der Waals surface area contributed by atoms with Crippen molar-refractivity contribution in [1.82, 2.24) is 15.0 Å². The van der Waals surface area contributed by atoms with E-state index in [0.717, 1.165) is 17.7 Å². The van der Waals surface area contributed by atoms with E-state index >= 15 is 0 Å². The molecule has 0 bridgehead atoms. The number of benzene rings is 1. The minimum absolute atomic E-state index is 0.418. The van der Waals surface area contributed by atoms with Gasteiger partial charge in [0.1, 0.15) is 0 Å². The number of nitrogens with two attached hydrogens (primary N) is 1. The van der Waals surface area contributed by atoms with Gasteiger partial charge in [-0.05, 0) is 18.1 Å². The maximum atomic E-state index is 5.55. The normalized spacial score (nSPS) is 10.6. The number of anilines is 1. The Bertz CT molecular complexity index is 467. The Labute approximate surface area is 93.8 Å². The van der Waals surface area contributed by atoms with Crippen LogP contribution in [0.15, 0.2) is 30.5 Å². The minimum atomic E-state index is 0.418. The Morgan fingerprint density at radius 3 is 2.88 bits per heavy atom. The summed E-state index contributed by atoms with van der Waals surface area (Å²) in [5, 5.41) is 8.19. The molecule has 2 rings (SSSR count). The van der Waals surface area contributed by atoms with Crippen LogP contribution in [0.4, 0.5) is 5.82 Å². The van der Waals surface area contributed by atoms with E-state index in [1.54, 1.807) is 11.9 Å². The molecule has 5 nitrogen and oxygen atoms in total. The van der Waals surface area contributed by atoms with Crippen molar-refractivity contribution in [3.8, 4) is 5.69 Å². The molecular formula is C11H14N4O. The topological polar surface area (TPSA) is 66.0 Å². The van der Waals surface area contributed by atoms with Gasteiger partial charge in [0.15, 0.2) is 5.82 Å². The Kier molecular flexibility index (Phi) is 3.16. The lowest BCUT2D eigenvalue weighted by Crippen LogP contribution is -2.05. The van der Waals surface area contributed by atoms with Gasteiger partial charge in [0.2, 0.25) is 0 Å². The molecule has 0 aliphatic rings. The van der Waals surface area contributed by atoms with Crippen LogP contribution in [0, 0.1) is 0 Å². The highest BCUT2D eigenvalue weighted by molar-refractivity contribution is 5.40. The van der Waals surface area contributed by atoms with Gasteiger partial charge in [-0.3, -0.25) is 0 Å². The number of rotatable bonds is 4. The molecule has 5 heteroatoms. The third-order valence-electron chi connectivity index (χ3n) is 2.29. The highest BCUT2D eigenvalue weighted by Crippen LogP contribution is 2.13. The maximum Gasteiger partial charge on any atom is 0.166 e. The standard InChI is InChI=1S/C11H14N4O/c1-16-7-6-9-4-2-3-5-10(9)15-13-8-11(12)14-15/h2-5,8H,6-7H2,1H3,(H2,12,14). The smallest absolute Gasteiger partial charge is 0.166 e. The van der Waals surface area contributed by atoms with Crippen molar-refractivity contribution in [3.63, 3.8) is 0 Å². The number of hydrogen-bond donors (Lipinski definition) is 1. The molecule has 0 unspecified atom stereocenters. The summed E-state index contributed by atoms with van der Waals surface area (Å²) < 4.78 is 5.07. The van der Waals surface area contributed by atoms with Gasteiger partial charge >= 0.3 is 0 Å². The monoisotopic (exact) mass is 218 g/mol. The summed E-state index contributed by atoms with van der Waals surface area (Å²) in [6.45, 7) is 0.674. The van der Waals surface area contributed by atoms with Crippen LogP contribution < -0.4 is 5.73 Å². The molecule has 16 heavy (non-hydrogen) atoms. The van der Waals surface area contributed by atoms with Crippen molar-refractivity contribution in [2.24, 2.45) is 0 Å². The number of para-hydroxylation sites is 1. The zero-order chi connectivity index (χ0) is 11.4. The summed E-state index contributed by atoms with van der Waals surface area (Å²) in [4.78, 5) is 1.54. The van der Waals surface area contributed by atoms with Gasteiger partial charge in [-0.1, -0.05) is 18.2 Å². The SMILES string of the molecule is COCCc1ccccc1-n1ncc(N)n1. The largest absolute Gasteiger partial charge is 0.384 e. The first-order valence-corrected chi connectivity index (χ1v) is 5.06. The molecule has 1 aromatic carbocycles. The lowest BCUT2D eigenvalue weighted by atomic mass is 10.1. The summed E-state index contributed by atoms with van der Waals surface area (Å²) in [7, 11) is 1.69. The number of methoxy groups -OCH3 is 1. The van der Waals surface area contributed by atoms with Gasteiger partial charge in [0.25, 0.3) is 0 Å². The Morgan fingerprint density at radius 2 is 2.19 bits per heavy atom. The fourth-order valence-electron chi connectivity index (χ4n) is 1.52. The zero-order valence-corrected chi connectivity index (χ0v) is 9.13. The van der Waals surface area contributed by atoms with Crippen LogP contribution in [0.5, 0.6) is 0 Å². The van der Waals surface area contributed by atoms with E-state index in [1.807, 2.05) is 24.3 Å². The van der Waals surface area contributed by atoms with E-state index in [2.05, 4.69) is 10.2 Å². The fraction of sp³-hybridized carbons (Fsp3) is 0.273. The number of aromatic nitrogens is 3.